The summed E-state index contributed by atoms with van der Waals surface area (Å²) < 4.78 is 5.74. The molecule has 6 nitrogen and oxygen atoms in total. The maximum absolute atomic E-state index is 12.2. The number of ether oxygens (including phenoxy) is 1. The van der Waals surface area contributed by atoms with Crippen LogP contribution in [0.25, 0.3) is 10.8 Å². The maximum Gasteiger partial charge on any atom is 0.329 e. The molecule has 0 saturated carbocycles. The zero-order chi connectivity index (χ0) is 23.0. The van der Waals surface area contributed by atoms with Gasteiger partial charge in [-0.3, -0.25) is 9.59 Å². The molecule has 33 heavy (non-hydrogen) atoms. The minimum atomic E-state index is -0.859. The van der Waals surface area contributed by atoms with Gasteiger partial charge in [0.2, 0.25) is 0 Å². The fourth-order valence-corrected chi connectivity index (χ4v) is 3.25. The van der Waals surface area contributed by atoms with Gasteiger partial charge in [0.15, 0.2) is 0 Å². The Hall–Kier alpha value is -4.16. The van der Waals surface area contributed by atoms with E-state index >= 15 is 0 Å². The van der Waals surface area contributed by atoms with Crippen LogP contribution >= 0.6 is 11.6 Å². The monoisotopic (exact) mass is 457 g/mol. The second kappa shape index (κ2) is 10.4. The zero-order valence-electron chi connectivity index (χ0n) is 17.5. The first-order valence-electron chi connectivity index (χ1n) is 10.2. The van der Waals surface area contributed by atoms with E-state index in [1.165, 1.54) is 6.21 Å². The highest BCUT2D eigenvalue weighted by Crippen LogP contribution is 2.22. The smallest absolute Gasteiger partial charge is 0.329 e. The standard InChI is InChI=1S/C26H20ClN3O3/c27-21-12-8-19(9-13-21)17-33-22-14-10-18(11-15-22)16-28-30-26(32)25(31)29-24-7-3-5-20-4-1-2-6-23(20)24/h1-16H,17H2,(H,29,31)(H,30,32). The molecule has 0 aliphatic rings. The summed E-state index contributed by atoms with van der Waals surface area (Å²) in [6, 6.07) is 27.7. The molecule has 0 spiro atoms. The van der Waals surface area contributed by atoms with Crippen LogP contribution < -0.4 is 15.5 Å². The number of carbonyl (C=O) groups is 2. The number of hydrogen-bond acceptors (Lipinski definition) is 4. The summed E-state index contributed by atoms with van der Waals surface area (Å²) in [5, 5.41) is 8.98. The van der Waals surface area contributed by atoms with E-state index in [0.717, 1.165) is 21.9 Å². The van der Waals surface area contributed by atoms with Crippen molar-refractivity contribution in [2.24, 2.45) is 5.10 Å². The fourth-order valence-electron chi connectivity index (χ4n) is 3.13. The van der Waals surface area contributed by atoms with Crippen molar-refractivity contribution in [3.05, 3.63) is 107 Å². The highest BCUT2D eigenvalue weighted by Gasteiger charge is 2.14. The van der Waals surface area contributed by atoms with Crippen molar-refractivity contribution < 1.29 is 14.3 Å². The number of hydrazone groups is 1. The number of carbonyl (C=O) groups excluding carboxylic acids is 2. The second-order valence-corrected chi connectivity index (χ2v) is 7.60. The first kappa shape index (κ1) is 22.0. The number of nitrogens with zero attached hydrogens (tertiary/aromatic N) is 1. The molecule has 4 rings (SSSR count). The summed E-state index contributed by atoms with van der Waals surface area (Å²) in [7, 11) is 0. The van der Waals surface area contributed by atoms with Crippen molar-refractivity contribution in [1.82, 2.24) is 5.43 Å². The summed E-state index contributed by atoms with van der Waals surface area (Å²) in [5.74, 6) is -0.961. The lowest BCUT2D eigenvalue weighted by Crippen LogP contribution is -2.32. The van der Waals surface area contributed by atoms with Crippen LogP contribution in [-0.4, -0.2) is 18.0 Å². The minimum absolute atomic E-state index is 0.423. The van der Waals surface area contributed by atoms with Gasteiger partial charge in [-0.25, -0.2) is 5.43 Å². The number of hydrogen-bond donors (Lipinski definition) is 2. The van der Waals surface area contributed by atoms with Crippen molar-refractivity contribution in [1.29, 1.82) is 0 Å². The summed E-state index contributed by atoms with van der Waals surface area (Å²) in [6.07, 6.45) is 1.45. The minimum Gasteiger partial charge on any atom is -0.489 e. The van der Waals surface area contributed by atoms with Gasteiger partial charge in [-0.05, 0) is 59.0 Å². The van der Waals surface area contributed by atoms with Gasteiger partial charge >= 0.3 is 11.8 Å². The van der Waals surface area contributed by atoms with Gasteiger partial charge in [-0.2, -0.15) is 5.10 Å². The van der Waals surface area contributed by atoms with Crippen molar-refractivity contribution in [3.63, 3.8) is 0 Å². The van der Waals surface area contributed by atoms with Crippen LogP contribution in [0.5, 0.6) is 5.75 Å². The molecular weight excluding hydrogens is 438 g/mol. The molecule has 4 aromatic rings. The Labute approximate surface area is 195 Å². The third-order valence-corrected chi connectivity index (χ3v) is 5.07. The summed E-state index contributed by atoms with van der Waals surface area (Å²) in [5.41, 5.74) is 4.55. The van der Waals surface area contributed by atoms with Gasteiger partial charge in [0.1, 0.15) is 12.4 Å². The van der Waals surface area contributed by atoms with Crippen LogP contribution in [0.1, 0.15) is 11.1 Å². The van der Waals surface area contributed by atoms with E-state index in [4.69, 9.17) is 16.3 Å². The number of fused-ring (bicyclic) bond motifs is 1. The van der Waals surface area contributed by atoms with Gasteiger partial charge in [-0.15, -0.1) is 0 Å². The van der Waals surface area contributed by atoms with Gasteiger partial charge in [-0.1, -0.05) is 60.1 Å². The van der Waals surface area contributed by atoms with E-state index in [9.17, 15) is 9.59 Å². The van der Waals surface area contributed by atoms with Crippen molar-refractivity contribution in [3.8, 4) is 5.75 Å². The topological polar surface area (TPSA) is 79.8 Å². The largest absolute Gasteiger partial charge is 0.489 e. The Morgan fingerprint density at radius 1 is 0.848 bits per heavy atom. The first-order valence-corrected chi connectivity index (χ1v) is 10.6. The molecule has 4 aromatic carbocycles. The van der Waals surface area contributed by atoms with E-state index in [2.05, 4.69) is 15.8 Å². The van der Waals surface area contributed by atoms with Crippen LogP contribution in [0.4, 0.5) is 5.69 Å². The van der Waals surface area contributed by atoms with E-state index < -0.39 is 11.8 Å². The molecule has 0 fully saturated rings. The van der Waals surface area contributed by atoms with Gasteiger partial charge < -0.3 is 10.1 Å². The molecule has 0 aliphatic heterocycles. The molecule has 0 aromatic heterocycles. The number of halogens is 1. The second-order valence-electron chi connectivity index (χ2n) is 7.16. The SMILES string of the molecule is O=C(NN=Cc1ccc(OCc2ccc(Cl)cc2)cc1)C(=O)Nc1cccc2ccccc12. The highest BCUT2D eigenvalue weighted by atomic mass is 35.5. The average molecular weight is 458 g/mol. The molecule has 2 amide bonds. The zero-order valence-corrected chi connectivity index (χ0v) is 18.3. The van der Waals surface area contributed by atoms with Crippen LogP contribution in [0.2, 0.25) is 5.02 Å². The Balaban J connectivity index is 1.28. The molecular formula is C26H20ClN3O3. The van der Waals surface area contributed by atoms with Crippen molar-refractivity contribution in [2.45, 2.75) is 6.61 Å². The molecule has 2 N–H and O–H groups in total. The van der Waals surface area contributed by atoms with Crippen LogP contribution in [0, 0.1) is 0 Å². The predicted octanol–water partition coefficient (Wildman–Crippen LogP) is 5.16. The lowest BCUT2D eigenvalue weighted by Gasteiger charge is -2.08. The molecule has 0 bridgehead atoms. The van der Waals surface area contributed by atoms with E-state index in [1.54, 1.807) is 30.3 Å². The number of benzene rings is 4. The summed E-state index contributed by atoms with van der Waals surface area (Å²) in [4.78, 5) is 24.3. The average Bonchev–Trinajstić information content (AvgIpc) is 2.84. The Morgan fingerprint density at radius 2 is 1.58 bits per heavy atom. The van der Waals surface area contributed by atoms with Crippen LogP contribution in [-0.2, 0) is 16.2 Å². The van der Waals surface area contributed by atoms with E-state index in [0.29, 0.717) is 23.1 Å². The quantitative estimate of drug-likeness (QED) is 0.238. The van der Waals surface area contributed by atoms with Crippen molar-refractivity contribution in [2.75, 3.05) is 5.32 Å². The van der Waals surface area contributed by atoms with Gasteiger partial charge in [0, 0.05) is 16.1 Å². The molecule has 7 heteroatoms. The molecule has 164 valence electrons. The third-order valence-electron chi connectivity index (χ3n) is 4.82. The molecule has 0 unspecified atom stereocenters. The lowest BCUT2D eigenvalue weighted by molar-refractivity contribution is -0.136. The fraction of sp³-hybridized carbons (Fsp3) is 0.0385. The van der Waals surface area contributed by atoms with E-state index in [-0.39, 0.29) is 0 Å². The van der Waals surface area contributed by atoms with E-state index in [1.807, 2.05) is 60.7 Å². The molecule has 0 atom stereocenters. The molecule has 0 aliphatic carbocycles. The Kier molecular flexibility index (Phi) is 6.97. The highest BCUT2D eigenvalue weighted by molar-refractivity contribution is 6.40. The summed E-state index contributed by atoms with van der Waals surface area (Å²) >= 11 is 5.88. The Bertz CT molecular complexity index is 1300. The molecule has 0 heterocycles. The number of rotatable bonds is 6. The number of anilines is 1. The normalized spacial score (nSPS) is 10.8. The van der Waals surface area contributed by atoms with Crippen LogP contribution in [0.3, 0.4) is 0 Å². The molecule has 0 saturated heterocycles. The predicted molar refractivity (Wildman–Crippen MR) is 131 cm³/mol. The number of nitrogens with one attached hydrogen (secondary N) is 2. The van der Waals surface area contributed by atoms with Gasteiger partial charge in [0.05, 0.1) is 6.21 Å². The van der Waals surface area contributed by atoms with Gasteiger partial charge in [0.25, 0.3) is 0 Å². The maximum atomic E-state index is 12.2. The van der Waals surface area contributed by atoms with Crippen molar-refractivity contribution >= 4 is 46.1 Å². The Morgan fingerprint density at radius 3 is 2.36 bits per heavy atom. The summed E-state index contributed by atoms with van der Waals surface area (Å²) in [6.45, 7) is 0.423. The van der Waals surface area contributed by atoms with Crippen LogP contribution in [0.15, 0.2) is 96.1 Å². The third kappa shape index (κ3) is 5.96. The number of amides is 2. The first-order chi connectivity index (χ1) is 16.1. The molecule has 0 radical (unpaired) electrons. The lowest BCUT2D eigenvalue weighted by atomic mass is 10.1.